The number of carbonyl (C=O) groups excluding carboxylic acids is 1. The van der Waals surface area contributed by atoms with Crippen molar-refractivity contribution in [3.05, 3.63) is 23.8 Å². The van der Waals surface area contributed by atoms with E-state index in [1.807, 2.05) is 13.0 Å². The zero-order valence-corrected chi connectivity index (χ0v) is 8.21. The van der Waals surface area contributed by atoms with Gasteiger partial charge < -0.3 is 16.8 Å². The van der Waals surface area contributed by atoms with E-state index in [9.17, 15) is 4.79 Å². The lowest BCUT2D eigenvalue weighted by molar-refractivity contribution is -0.116. The van der Waals surface area contributed by atoms with Crippen molar-refractivity contribution in [2.45, 2.75) is 13.3 Å². The number of nitrogen functional groups attached to an aromatic ring is 1. The van der Waals surface area contributed by atoms with Crippen LogP contribution in [0.25, 0.3) is 0 Å². The molecule has 1 amide bonds. The number of hydrogen-bond donors (Lipinski definition) is 3. The minimum absolute atomic E-state index is 0.0691. The molecule has 76 valence electrons. The molecule has 0 radical (unpaired) electrons. The average molecular weight is 193 g/mol. The molecule has 0 fully saturated rings. The fourth-order valence-corrected chi connectivity index (χ4v) is 1.17. The van der Waals surface area contributed by atoms with Gasteiger partial charge in [-0.3, -0.25) is 4.79 Å². The van der Waals surface area contributed by atoms with Crippen LogP contribution in [0.4, 0.5) is 11.4 Å². The largest absolute Gasteiger partial charge is 0.399 e. The summed E-state index contributed by atoms with van der Waals surface area (Å²) in [6, 6.07) is 5.36. The Hall–Kier alpha value is -1.55. The summed E-state index contributed by atoms with van der Waals surface area (Å²) in [5.74, 6) is -0.0691. The van der Waals surface area contributed by atoms with Gasteiger partial charge in [0, 0.05) is 24.3 Å². The van der Waals surface area contributed by atoms with Gasteiger partial charge in [0.25, 0.3) is 0 Å². The van der Waals surface area contributed by atoms with Crippen LogP contribution in [-0.2, 0) is 4.79 Å². The van der Waals surface area contributed by atoms with Crippen molar-refractivity contribution in [3.8, 4) is 0 Å². The number of benzene rings is 1. The highest BCUT2D eigenvalue weighted by molar-refractivity contribution is 5.91. The first-order valence-electron chi connectivity index (χ1n) is 4.49. The smallest absolute Gasteiger partial charge is 0.225 e. The Kier molecular flexibility index (Phi) is 3.48. The second-order valence-corrected chi connectivity index (χ2v) is 3.16. The van der Waals surface area contributed by atoms with Crippen LogP contribution in [0.2, 0.25) is 0 Å². The van der Waals surface area contributed by atoms with Gasteiger partial charge in [0.05, 0.1) is 0 Å². The molecule has 0 bridgehead atoms. The maximum Gasteiger partial charge on any atom is 0.225 e. The van der Waals surface area contributed by atoms with E-state index in [1.165, 1.54) is 0 Å². The van der Waals surface area contributed by atoms with Crippen molar-refractivity contribution >= 4 is 17.3 Å². The van der Waals surface area contributed by atoms with Gasteiger partial charge in [-0.25, -0.2) is 0 Å². The number of amides is 1. The van der Waals surface area contributed by atoms with E-state index in [1.54, 1.807) is 12.1 Å². The van der Waals surface area contributed by atoms with Gasteiger partial charge in [-0.1, -0.05) is 0 Å². The molecule has 1 rings (SSSR count). The Bertz CT molecular complexity index is 336. The third-order valence-corrected chi connectivity index (χ3v) is 1.90. The normalized spacial score (nSPS) is 9.86. The molecule has 0 aliphatic rings. The summed E-state index contributed by atoms with van der Waals surface area (Å²) < 4.78 is 0. The van der Waals surface area contributed by atoms with Crippen molar-refractivity contribution in [1.82, 2.24) is 0 Å². The SMILES string of the molecule is Cc1cc(N)ccc1NC(=O)CCN. The second kappa shape index (κ2) is 4.62. The van der Waals surface area contributed by atoms with Crippen LogP contribution in [0.1, 0.15) is 12.0 Å². The maximum atomic E-state index is 11.2. The Morgan fingerprint density at radius 1 is 1.50 bits per heavy atom. The number of hydrogen-bond acceptors (Lipinski definition) is 3. The van der Waals surface area contributed by atoms with Crippen molar-refractivity contribution in [1.29, 1.82) is 0 Å². The summed E-state index contributed by atoms with van der Waals surface area (Å²) in [6.07, 6.45) is 0.337. The van der Waals surface area contributed by atoms with Crippen molar-refractivity contribution < 1.29 is 4.79 Å². The highest BCUT2D eigenvalue weighted by atomic mass is 16.1. The van der Waals surface area contributed by atoms with E-state index in [0.717, 1.165) is 11.3 Å². The van der Waals surface area contributed by atoms with Crippen LogP contribution in [0, 0.1) is 6.92 Å². The minimum Gasteiger partial charge on any atom is -0.399 e. The summed E-state index contributed by atoms with van der Waals surface area (Å²) in [6.45, 7) is 2.26. The zero-order chi connectivity index (χ0) is 10.6. The van der Waals surface area contributed by atoms with E-state index in [4.69, 9.17) is 11.5 Å². The number of rotatable bonds is 3. The molecule has 0 aromatic heterocycles. The molecule has 1 aromatic rings. The van der Waals surface area contributed by atoms with Gasteiger partial charge in [0.1, 0.15) is 0 Å². The summed E-state index contributed by atoms with van der Waals surface area (Å²) in [4.78, 5) is 11.2. The van der Waals surface area contributed by atoms with Crippen LogP contribution in [0.15, 0.2) is 18.2 Å². The third-order valence-electron chi connectivity index (χ3n) is 1.90. The molecule has 4 heteroatoms. The molecular weight excluding hydrogens is 178 g/mol. The van der Waals surface area contributed by atoms with E-state index >= 15 is 0 Å². The van der Waals surface area contributed by atoms with Gasteiger partial charge >= 0.3 is 0 Å². The first kappa shape index (κ1) is 10.5. The van der Waals surface area contributed by atoms with E-state index in [0.29, 0.717) is 18.7 Å². The highest BCUT2D eigenvalue weighted by Crippen LogP contribution is 2.17. The van der Waals surface area contributed by atoms with Crippen LogP contribution < -0.4 is 16.8 Å². The number of nitrogens with two attached hydrogens (primary N) is 2. The molecule has 0 spiro atoms. The molecule has 0 aliphatic heterocycles. The van der Waals surface area contributed by atoms with Gasteiger partial charge in [-0.15, -0.1) is 0 Å². The fourth-order valence-electron chi connectivity index (χ4n) is 1.17. The summed E-state index contributed by atoms with van der Waals surface area (Å²) in [7, 11) is 0. The average Bonchev–Trinajstić information content (AvgIpc) is 2.10. The van der Waals surface area contributed by atoms with Crippen LogP contribution in [0.3, 0.4) is 0 Å². The highest BCUT2D eigenvalue weighted by Gasteiger charge is 2.03. The number of aryl methyl sites for hydroxylation is 1. The van der Waals surface area contributed by atoms with E-state index in [2.05, 4.69) is 5.32 Å². The van der Waals surface area contributed by atoms with Gasteiger partial charge in [0.15, 0.2) is 0 Å². The topological polar surface area (TPSA) is 81.1 Å². The predicted octanol–water partition coefficient (Wildman–Crippen LogP) is 0.865. The van der Waals surface area contributed by atoms with Gasteiger partial charge in [-0.2, -0.15) is 0 Å². The van der Waals surface area contributed by atoms with Crippen molar-refractivity contribution in [3.63, 3.8) is 0 Å². The standard InChI is InChI=1S/C10H15N3O/c1-7-6-8(12)2-3-9(7)13-10(14)4-5-11/h2-3,6H,4-5,11-12H2,1H3,(H,13,14). The second-order valence-electron chi connectivity index (χ2n) is 3.16. The predicted molar refractivity (Wildman–Crippen MR) is 57.9 cm³/mol. The van der Waals surface area contributed by atoms with Gasteiger partial charge in [0.2, 0.25) is 5.91 Å². The van der Waals surface area contributed by atoms with E-state index < -0.39 is 0 Å². The lowest BCUT2D eigenvalue weighted by atomic mass is 10.2. The Morgan fingerprint density at radius 2 is 2.21 bits per heavy atom. The van der Waals surface area contributed by atoms with Crippen LogP contribution >= 0.6 is 0 Å². The quantitative estimate of drug-likeness (QED) is 0.623. The molecule has 0 saturated heterocycles. The van der Waals surface area contributed by atoms with E-state index in [-0.39, 0.29) is 5.91 Å². The molecule has 0 unspecified atom stereocenters. The molecule has 14 heavy (non-hydrogen) atoms. The van der Waals surface area contributed by atoms with Gasteiger partial charge in [-0.05, 0) is 30.7 Å². The minimum atomic E-state index is -0.0691. The molecule has 0 atom stereocenters. The number of carbonyl (C=O) groups is 1. The molecule has 0 aliphatic carbocycles. The number of anilines is 2. The third kappa shape index (κ3) is 2.74. The first-order valence-corrected chi connectivity index (χ1v) is 4.49. The Balaban J connectivity index is 2.72. The first-order chi connectivity index (χ1) is 6.63. The van der Waals surface area contributed by atoms with Crippen LogP contribution in [-0.4, -0.2) is 12.5 Å². The lowest BCUT2D eigenvalue weighted by Gasteiger charge is -2.08. The summed E-state index contributed by atoms with van der Waals surface area (Å²) >= 11 is 0. The lowest BCUT2D eigenvalue weighted by Crippen LogP contribution is -2.16. The zero-order valence-electron chi connectivity index (χ0n) is 8.21. The van der Waals surface area contributed by atoms with Crippen molar-refractivity contribution in [2.24, 2.45) is 5.73 Å². The molecule has 4 nitrogen and oxygen atoms in total. The Labute approximate surface area is 83.3 Å². The monoisotopic (exact) mass is 193 g/mol. The molecule has 1 aromatic carbocycles. The molecule has 0 saturated carbocycles. The molecule has 5 N–H and O–H groups in total. The van der Waals surface area contributed by atoms with Crippen molar-refractivity contribution in [2.75, 3.05) is 17.6 Å². The number of nitrogens with one attached hydrogen (secondary N) is 1. The fraction of sp³-hybridized carbons (Fsp3) is 0.300. The summed E-state index contributed by atoms with van der Waals surface area (Å²) in [5.41, 5.74) is 13.3. The molecular formula is C10H15N3O. The van der Waals surface area contributed by atoms with Crippen LogP contribution in [0.5, 0.6) is 0 Å². The molecule has 0 heterocycles. The summed E-state index contributed by atoms with van der Waals surface area (Å²) in [5, 5.41) is 2.76. The maximum absolute atomic E-state index is 11.2. The Morgan fingerprint density at radius 3 is 2.79 bits per heavy atom.